The second-order valence-electron chi connectivity index (χ2n) is 9.07. The minimum absolute atomic E-state index is 0.0135. The summed E-state index contributed by atoms with van der Waals surface area (Å²) in [5, 5.41) is 9.88. The lowest BCUT2D eigenvalue weighted by Crippen LogP contribution is -2.53. The summed E-state index contributed by atoms with van der Waals surface area (Å²) in [6.45, 7) is 17.8. The minimum atomic E-state index is -1.88. The van der Waals surface area contributed by atoms with Crippen LogP contribution in [-0.4, -0.2) is 55.8 Å². The highest BCUT2D eigenvalue weighted by molar-refractivity contribution is 6.74. The van der Waals surface area contributed by atoms with Crippen LogP contribution in [0.25, 0.3) is 0 Å². The van der Waals surface area contributed by atoms with E-state index < -0.39 is 13.9 Å². The van der Waals surface area contributed by atoms with E-state index in [1.165, 1.54) is 0 Å². The Morgan fingerprint density at radius 2 is 1.78 bits per heavy atom. The molecule has 0 bridgehead atoms. The predicted molar refractivity (Wildman–Crippen MR) is 95.1 cm³/mol. The van der Waals surface area contributed by atoms with Gasteiger partial charge in [0.25, 0.3) is 0 Å². The fourth-order valence-electron chi connectivity index (χ4n) is 2.39. The Bertz CT molecular complexity index is 412. The average Bonchev–Trinajstić information content (AvgIpc) is 2.35. The van der Waals surface area contributed by atoms with Crippen LogP contribution in [0.4, 0.5) is 4.79 Å². The first kappa shape index (κ1) is 20.5. The number of ether oxygens (including phenoxy) is 1. The molecule has 0 aromatic heterocycles. The summed E-state index contributed by atoms with van der Waals surface area (Å²) >= 11 is 0. The van der Waals surface area contributed by atoms with Gasteiger partial charge < -0.3 is 19.2 Å². The first-order chi connectivity index (χ1) is 10.3. The average molecular weight is 346 g/mol. The first-order valence-electron chi connectivity index (χ1n) is 8.53. The molecule has 1 saturated heterocycles. The largest absolute Gasteiger partial charge is 0.444 e. The maximum atomic E-state index is 12.2. The van der Waals surface area contributed by atoms with E-state index in [9.17, 15) is 9.90 Å². The van der Waals surface area contributed by atoms with E-state index in [0.717, 1.165) is 6.42 Å². The number of amides is 1. The Morgan fingerprint density at radius 3 is 2.22 bits per heavy atom. The van der Waals surface area contributed by atoms with Crippen molar-refractivity contribution in [3.05, 3.63) is 0 Å². The molecule has 6 heteroatoms. The van der Waals surface area contributed by atoms with Gasteiger partial charge in [0, 0.05) is 19.0 Å². The van der Waals surface area contributed by atoms with E-state index >= 15 is 0 Å². The highest BCUT2D eigenvalue weighted by Crippen LogP contribution is 2.39. The van der Waals surface area contributed by atoms with Crippen molar-refractivity contribution in [2.24, 2.45) is 5.92 Å². The molecular weight excluding hydrogens is 310 g/mol. The summed E-state index contributed by atoms with van der Waals surface area (Å²) < 4.78 is 11.9. The number of piperidine rings is 1. The minimum Gasteiger partial charge on any atom is -0.444 e. The van der Waals surface area contributed by atoms with E-state index in [1.807, 2.05) is 20.8 Å². The van der Waals surface area contributed by atoms with Gasteiger partial charge in [0.05, 0.1) is 12.7 Å². The van der Waals surface area contributed by atoms with Crippen LogP contribution in [0.15, 0.2) is 0 Å². The van der Waals surface area contributed by atoms with Crippen LogP contribution < -0.4 is 0 Å². The van der Waals surface area contributed by atoms with Gasteiger partial charge in [0.1, 0.15) is 5.60 Å². The second-order valence-corrected chi connectivity index (χ2v) is 13.8. The van der Waals surface area contributed by atoms with Crippen LogP contribution >= 0.6 is 0 Å². The van der Waals surface area contributed by atoms with E-state index in [0.29, 0.717) is 13.1 Å². The number of carbonyl (C=O) groups excluding carboxylic acids is 1. The number of carbonyl (C=O) groups is 1. The Labute approximate surface area is 142 Å². The summed E-state index contributed by atoms with van der Waals surface area (Å²) in [7, 11) is -1.88. The number of nitrogens with zero attached hydrogens (tertiary/aromatic N) is 1. The van der Waals surface area contributed by atoms with E-state index in [4.69, 9.17) is 9.16 Å². The SMILES string of the molecule is CC(C)(C)OC(=O)N1CC[C@@H](O[Si](C)(C)C(C)(C)C)[C@H](CO)C1. The molecule has 0 aromatic carbocycles. The molecule has 1 rings (SSSR count). The van der Waals surface area contributed by atoms with Gasteiger partial charge in [-0.2, -0.15) is 0 Å². The van der Waals surface area contributed by atoms with E-state index in [1.54, 1.807) is 4.90 Å². The van der Waals surface area contributed by atoms with Crippen LogP contribution in [0, 0.1) is 5.92 Å². The van der Waals surface area contributed by atoms with Crippen LogP contribution in [0.2, 0.25) is 18.1 Å². The van der Waals surface area contributed by atoms with Crippen LogP contribution in [-0.2, 0) is 9.16 Å². The highest BCUT2D eigenvalue weighted by Gasteiger charge is 2.42. The monoisotopic (exact) mass is 345 g/mol. The molecule has 1 aliphatic heterocycles. The third kappa shape index (κ3) is 5.76. The summed E-state index contributed by atoms with van der Waals surface area (Å²) in [4.78, 5) is 13.9. The molecule has 1 N–H and O–H groups in total. The zero-order valence-corrected chi connectivity index (χ0v) is 17.1. The fourth-order valence-corrected chi connectivity index (χ4v) is 3.81. The fraction of sp³-hybridized carbons (Fsp3) is 0.941. The predicted octanol–water partition coefficient (Wildman–Crippen LogP) is 3.63. The van der Waals surface area contributed by atoms with Crippen molar-refractivity contribution >= 4 is 14.4 Å². The van der Waals surface area contributed by atoms with Gasteiger partial charge >= 0.3 is 6.09 Å². The van der Waals surface area contributed by atoms with Gasteiger partial charge in [-0.1, -0.05) is 20.8 Å². The van der Waals surface area contributed by atoms with Crippen molar-refractivity contribution in [3.63, 3.8) is 0 Å². The lowest BCUT2D eigenvalue weighted by Gasteiger charge is -2.44. The van der Waals surface area contributed by atoms with Crippen molar-refractivity contribution in [2.45, 2.75) is 77.8 Å². The van der Waals surface area contributed by atoms with Gasteiger partial charge in [0.15, 0.2) is 8.32 Å². The molecule has 1 fully saturated rings. The number of hydrogen-bond donors (Lipinski definition) is 1. The lowest BCUT2D eigenvalue weighted by atomic mass is 9.96. The molecule has 0 spiro atoms. The summed E-state index contributed by atoms with van der Waals surface area (Å²) in [6.07, 6.45) is 0.457. The molecule has 1 aliphatic rings. The summed E-state index contributed by atoms with van der Waals surface area (Å²) in [5.74, 6) is -0.0506. The molecule has 5 nitrogen and oxygen atoms in total. The van der Waals surface area contributed by atoms with Crippen molar-refractivity contribution in [1.29, 1.82) is 0 Å². The molecule has 0 aliphatic carbocycles. The molecule has 0 saturated carbocycles. The third-order valence-corrected chi connectivity index (χ3v) is 9.31. The van der Waals surface area contributed by atoms with Crippen LogP contribution in [0.1, 0.15) is 48.0 Å². The normalized spacial score (nSPS) is 23.8. The van der Waals surface area contributed by atoms with Crippen molar-refractivity contribution < 1.29 is 19.1 Å². The quantitative estimate of drug-likeness (QED) is 0.794. The highest BCUT2D eigenvalue weighted by atomic mass is 28.4. The number of aliphatic hydroxyl groups excluding tert-OH is 1. The summed E-state index contributed by atoms with van der Waals surface area (Å²) in [5.41, 5.74) is -0.500. The van der Waals surface area contributed by atoms with Gasteiger partial charge in [-0.25, -0.2) is 4.79 Å². The molecule has 0 radical (unpaired) electrons. The molecule has 1 heterocycles. The number of aliphatic hydroxyl groups is 1. The maximum absolute atomic E-state index is 12.2. The first-order valence-corrected chi connectivity index (χ1v) is 11.4. The smallest absolute Gasteiger partial charge is 0.410 e. The molecule has 0 unspecified atom stereocenters. The number of rotatable bonds is 3. The Hall–Kier alpha value is -0.593. The molecule has 23 heavy (non-hydrogen) atoms. The molecule has 136 valence electrons. The molecule has 1 amide bonds. The van der Waals surface area contributed by atoms with E-state index in [-0.39, 0.29) is 29.8 Å². The molecule has 0 aromatic rings. The van der Waals surface area contributed by atoms with Crippen molar-refractivity contribution in [1.82, 2.24) is 4.90 Å². The number of hydrogen-bond acceptors (Lipinski definition) is 4. The molecular formula is C17H35NO4Si. The van der Waals surface area contributed by atoms with Crippen LogP contribution in [0.3, 0.4) is 0 Å². The van der Waals surface area contributed by atoms with Crippen molar-refractivity contribution in [3.8, 4) is 0 Å². The second kappa shape index (κ2) is 7.11. The zero-order valence-electron chi connectivity index (χ0n) is 16.1. The van der Waals surface area contributed by atoms with Gasteiger partial charge in [0.2, 0.25) is 0 Å². The third-order valence-electron chi connectivity index (χ3n) is 4.80. The topological polar surface area (TPSA) is 59.0 Å². The van der Waals surface area contributed by atoms with Crippen LogP contribution in [0.5, 0.6) is 0 Å². The standard InChI is InChI=1S/C17H35NO4Si/c1-16(2,3)21-15(20)18-10-9-14(13(11-18)12-19)22-23(7,8)17(4,5)6/h13-14,19H,9-12H2,1-8H3/t13-,14+/m0/s1. The summed E-state index contributed by atoms with van der Waals surface area (Å²) in [6, 6.07) is 0. The van der Waals surface area contributed by atoms with E-state index in [2.05, 4.69) is 33.9 Å². The Morgan fingerprint density at radius 1 is 1.22 bits per heavy atom. The van der Waals surface area contributed by atoms with Gasteiger partial charge in [-0.3, -0.25) is 0 Å². The van der Waals surface area contributed by atoms with Gasteiger partial charge in [-0.15, -0.1) is 0 Å². The molecule has 2 atom stereocenters. The maximum Gasteiger partial charge on any atom is 0.410 e. The van der Waals surface area contributed by atoms with Gasteiger partial charge in [-0.05, 0) is 45.3 Å². The zero-order chi connectivity index (χ0) is 18.1. The van der Waals surface area contributed by atoms with Crippen molar-refractivity contribution in [2.75, 3.05) is 19.7 Å². The Balaban J connectivity index is 2.71. The number of likely N-dealkylation sites (tertiary alicyclic amines) is 1. The lowest BCUT2D eigenvalue weighted by molar-refractivity contribution is -0.0164. The Kier molecular flexibility index (Phi) is 6.32.